The molecule has 1 saturated heterocycles. The molecule has 2 rings (SSSR count). The average molecular weight is 296 g/mol. The van der Waals surface area contributed by atoms with E-state index in [9.17, 15) is 9.00 Å². The van der Waals surface area contributed by atoms with E-state index >= 15 is 0 Å². The van der Waals surface area contributed by atoms with Crippen LogP contribution in [-0.4, -0.2) is 22.4 Å². The standard InChI is InChI=1S/C14H14ClNO2S/c15-12-6-1-4-11(10-12)5-2-7-13-14(17)16-8-3-9-19(13)18/h1-2,4-7,10H,3,8-9H2,(H,16,17)/b5-2+,13-7-. The highest BCUT2D eigenvalue weighted by Gasteiger charge is 2.18. The topological polar surface area (TPSA) is 46.2 Å². The molecule has 1 heterocycles. The molecule has 0 aliphatic carbocycles. The molecule has 19 heavy (non-hydrogen) atoms. The van der Waals surface area contributed by atoms with Gasteiger partial charge in [-0.2, -0.15) is 0 Å². The number of carbonyl (C=O) groups excluding carboxylic acids is 1. The molecular formula is C14H14ClNO2S. The smallest absolute Gasteiger partial charge is 0.260 e. The summed E-state index contributed by atoms with van der Waals surface area (Å²) in [5.74, 6) is 0.279. The number of allylic oxidation sites excluding steroid dienone is 2. The summed E-state index contributed by atoms with van der Waals surface area (Å²) in [5, 5.41) is 3.39. The van der Waals surface area contributed by atoms with E-state index in [1.807, 2.05) is 24.3 Å². The first-order chi connectivity index (χ1) is 9.16. The van der Waals surface area contributed by atoms with Crippen LogP contribution in [0, 0.1) is 0 Å². The SMILES string of the molecule is O=C1NCCCS(=O)/C1=C\C=C\c1cccc(Cl)c1. The van der Waals surface area contributed by atoms with Crippen molar-refractivity contribution in [3.63, 3.8) is 0 Å². The fourth-order valence-electron chi connectivity index (χ4n) is 1.71. The Bertz CT molecular complexity index is 546. The Balaban J connectivity index is 2.16. The molecule has 100 valence electrons. The van der Waals surface area contributed by atoms with Crippen molar-refractivity contribution in [1.82, 2.24) is 5.32 Å². The monoisotopic (exact) mass is 295 g/mol. The van der Waals surface area contributed by atoms with Gasteiger partial charge in [0.25, 0.3) is 5.91 Å². The second-order valence-electron chi connectivity index (χ2n) is 4.10. The number of halogens is 1. The van der Waals surface area contributed by atoms with Gasteiger partial charge in [-0.05, 0) is 30.2 Å². The van der Waals surface area contributed by atoms with Crippen molar-refractivity contribution >= 4 is 34.4 Å². The first kappa shape index (κ1) is 14.0. The number of amides is 1. The zero-order valence-corrected chi connectivity index (χ0v) is 11.8. The first-order valence-electron chi connectivity index (χ1n) is 5.97. The fourth-order valence-corrected chi connectivity index (χ4v) is 3.05. The molecule has 0 spiro atoms. The maximum Gasteiger partial charge on any atom is 0.260 e. The van der Waals surface area contributed by atoms with E-state index in [2.05, 4.69) is 5.32 Å². The van der Waals surface area contributed by atoms with Crippen LogP contribution in [0.1, 0.15) is 12.0 Å². The van der Waals surface area contributed by atoms with Crippen LogP contribution in [0.5, 0.6) is 0 Å². The molecule has 1 aliphatic rings. The van der Waals surface area contributed by atoms with Crippen LogP contribution >= 0.6 is 11.6 Å². The number of hydrogen-bond donors (Lipinski definition) is 1. The molecule has 0 aromatic heterocycles. The Morgan fingerprint density at radius 2 is 2.21 bits per heavy atom. The summed E-state index contributed by atoms with van der Waals surface area (Å²) in [6, 6.07) is 7.38. The lowest BCUT2D eigenvalue weighted by atomic mass is 10.2. The second-order valence-corrected chi connectivity index (χ2v) is 6.08. The molecule has 1 aliphatic heterocycles. The summed E-state index contributed by atoms with van der Waals surface area (Å²) in [4.78, 5) is 12.0. The largest absolute Gasteiger partial charge is 0.351 e. The van der Waals surface area contributed by atoms with Crippen LogP contribution in [0.4, 0.5) is 0 Å². The average Bonchev–Trinajstić information content (AvgIpc) is 2.53. The minimum Gasteiger partial charge on any atom is -0.351 e. The molecule has 1 amide bonds. The van der Waals surface area contributed by atoms with Gasteiger partial charge in [0.05, 0.1) is 10.8 Å². The molecule has 1 unspecified atom stereocenters. The molecule has 0 saturated carbocycles. The van der Waals surface area contributed by atoms with Crippen molar-refractivity contribution in [3.05, 3.63) is 51.9 Å². The van der Waals surface area contributed by atoms with Gasteiger partial charge in [-0.15, -0.1) is 0 Å². The maximum absolute atomic E-state index is 11.8. The quantitative estimate of drug-likeness (QED) is 0.852. The van der Waals surface area contributed by atoms with E-state index in [1.165, 1.54) is 0 Å². The van der Waals surface area contributed by atoms with Crippen molar-refractivity contribution in [2.75, 3.05) is 12.3 Å². The minimum atomic E-state index is -1.22. The number of hydrogen-bond acceptors (Lipinski definition) is 2. The number of benzene rings is 1. The third kappa shape index (κ3) is 4.04. The molecule has 5 heteroatoms. The zero-order valence-electron chi connectivity index (χ0n) is 10.3. The molecule has 1 aromatic carbocycles. The summed E-state index contributed by atoms with van der Waals surface area (Å²) in [6.45, 7) is 0.583. The van der Waals surface area contributed by atoms with Crippen molar-refractivity contribution in [1.29, 1.82) is 0 Å². The van der Waals surface area contributed by atoms with Gasteiger partial charge in [-0.1, -0.05) is 35.9 Å². The molecular weight excluding hydrogens is 282 g/mol. The van der Waals surface area contributed by atoms with Gasteiger partial charge >= 0.3 is 0 Å². The Labute approximate surface area is 119 Å². The summed E-state index contributed by atoms with van der Waals surface area (Å²) in [6.07, 6.45) is 5.91. The fraction of sp³-hybridized carbons (Fsp3) is 0.214. The predicted molar refractivity (Wildman–Crippen MR) is 79.2 cm³/mol. The lowest BCUT2D eigenvalue weighted by Crippen LogP contribution is -2.24. The van der Waals surface area contributed by atoms with E-state index in [4.69, 9.17) is 11.6 Å². The van der Waals surface area contributed by atoms with Gasteiger partial charge in [0, 0.05) is 17.3 Å². The van der Waals surface area contributed by atoms with Crippen LogP contribution in [-0.2, 0) is 15.6 Å². The van der Waals surface area contributed by atoms with Gasteiger partial charge in [-0.25, -0.2) is 0 Å². The highest BCUT2D eigenvalue weighted by molar-refractivity contribution is 7.90. The summed E-state index contributed by atoms with van der Waals surface area (Å²) in [7, 11) is -1.22. The Morgan fingerprint density at radius 1 is 1.37 bits per heavy atom. The van der Waals surface area contributed by atoms with E-state index in [0.29, 0.717) is 22.2 Å². The van der Waals surface area contributed by atoms with E-state index in [0.717, 1.165) is 12.0 Å². The molecule has 1 atom stereocenters. The maximum atomic E-state index is 11.8. The van der Waals surface area contributed by atoms with Crippen molar-refractivity contribution in [3.8, 4) is 0 Å². The van der Waals surface area contributed by atoms with Gasteiger partial charge in [-0.3, -0.25) is 9.00 Å². The second kappa shape index (κ2) is 6.68. The van der Waals surface area contributed by atoms with Gasteiger partial charge in [0.15, 0.2) is 0 Å². The zero-order chi connectivity index (χ0) is 13.7. The molecule has 3 nitrogen and oxygen atoms in total. The number of carbonyl (C=O) groups is 1. The van der Waals surface area contributed by atoms with Crippen LogP contribution in [0.15, 0.2) is 41.3 Å². The minimum absolute atomic E-state index is 0.244. The van der Waals surface area contributed by atoms with Crippen LogP contribution in [0.3, 0.4) is 0 Å². The summed E-state index contributed by atoms with van der Waals surface area (Å²) in [5.41, 5.74) is 0.934. The normalized spacial score (nSPS) is 22.5. The van der Waals surface area contributed by atoms with Crippen molar-refractivity contribution in [2.24, 2.45) is 0 Å². The Morgan fingerprint density at radius 3 is 3.00 bits per heavy atom. The molecule has 1 aromatic rings. The Kier molecular flexibility index (Phi) is 4.93. The van der Waals surface area contributed by atoms with Crippen LogP contribution in [0.2, 0.25) is 5.02 Å². The van der Waals surface area contributed by atoms with Gasteiger partial charge < -0.3 is 5.32 Å². The number of rotatable bonds is 2. The van der Waals surface area contributed by atoms with Gasteiger partial charge in [0.2, 0.25) is 0 Å². The van der Waals surface area contributed by atoms with E-state index in [1.54, 1.807) is 18.2 Å². The van der Waals surface area contributed by atoms with Crippen LogP contribution < -0.4 is 5.32 Å². The Hall–Kier alpha value is -1.39. The number of nitrogens with one attached hydrogen (secondary N) is 1. The van der Waals surface area contributed by atoms with Crippen molar-refractivity contribution in [2.45, 2.75) is 6.42 Å². The van der Waals surface area contributed by atoms with Gasteiger partial charge in [0.1, 0.15) is 4.91 Å². The molecule has 0 bridgehead atoms. The highest BCUT2D eigenvalue weighted by atomic mass is 35.5. The van der Waals surface area contributed by atoms with Crippen LogP contribution in [0.25, 0.3) is 6.08 Å². The summed E-state index contributed by atoms with van der Waals surface area (Å²) >= 11 is 5.88. The molecule has 1 fully saturated rings. The first-order valence-corrected chi connectivity index (χ1v) is 7.67. The third-order valence-electron chi connectivity index (χ3n) is 2.65. The predicted octanol–water partition coefficient (Wildman–Crippen LogP) is 2.51. The lowest BCUT2D eigenvalue weighted by molar-refractivity contribution is -0.116. The third-order valence-corrected chi connectivity index (χ3v) is 4.35. The molecule has 0 radical (unpaired) electrons. The highest BCUT2D eigenvalue weighted by Crippen LogP contribution is 2.13. The van der Waals surface area contributed by atoms with E-state index < -0.39 is 10.8 Å². The summed E-state index contributed by atoms with van der Waals surface area (Å²) < 4.78 is 11.8. The van der Waals surface area contributed by atoms with E-state index in [-0.39, 0.29) is 5.91 Å². The molecule has 1 N–H and O–H groups in total. The van der Waals surface area contributed by atoms with Crippen molar-refractivity contribution < 1.29 is 9.00 Å². The lowest BCUT2D eigenvalue weighted by Gasteiger charge is -2.00.